The van der Waals surface area contributed by atoms with Gasteiger partial charge in [0.1, 0.15) is 6.61 Å². The molecule has 4 rings (SSSR count). The summed E-state index contributed by atoms with van der Waals surface area (Å²) >= 11 is 0. The Morgan fingerprint density at radius 2 is 1.61 bits per heavy atom. The second kappa shape index (κ2) is 14.8. The Hall–Kier alpha value is -5.02. The van der Waals surface area contributed by atoms with Crippen LogP contribution in [0.15, 0.2) is 30.5 Å². The van der Waals surface area contributed by atoms with Crippen molar-refractivity contribution in [3.05, 3.63) is 58.5 Å². The molecule has 3 heterocycles. The Labute approximate surface area is 264 Å². The molecule has 248 valence electrons. The van der Waals surface area contributed by atoms with Crippen LogP contribution >= 0.6 is 0 Å². The van der Waals surface area contributed by atoms with Crippen molar-refractivity contribution in [2.45, 2.75) is 59.1 Å². The van der Waals surface area contributed by atoms with Crippen molar-refractivity contribution in [1.29, 1.82) is 0 Å². The van der Waals surface area contributed by atoms with E-state index in [4.69, 9.17) is 30.5 Å². The summed E-state index contributed by atoms with van der Waals surface area (Å²) in [5.74, 6) is -5.78. The van der Waals surface area contributed by atoms with Crippen molar-refractivity contribution in [3.8, 4) is 0 Å². The number of pyridine rings is 1. The Morgan fingerprint density at radius 3 is 2.15 bits per heavy atom. The summed E-state index contributed by atoms with van der Waals surface area (Å²) in [6, 6.07) is 8.18. The fourth-order valence-corrected chi connectivity index (χ4v) is 5.14. The van der Waals surface area contributed by atoms with Crippen LogP contribution in [0.25, 0.3) is 5.65 Å². The topological polar surface area (TPSA) is 231 Å². The molecule has 2 amide bonds. The number of nitrogens with one attached hydrogen (secondary N) is 2. The first-order valence-corrected chi connectivity index (χ1v) is 14.4. The zero-order valence-electron chi connectivity index (χ0n) is 26.0. The summed E-state index contributed by atoms with van der Waals surface area (Å²) in [5, 5.41) is 49.4. The molecule has 1 saturated heterocycles. The molecule has 0 saturated carbocycles. The third kappa shape index (κ3) is 8.57. The first-order chi connectivity index (χ1) is 21.6. The highest BCUT2D eigenvalue weighted by molar-refractivity contribution is 5.94. The van der Waals surface area contributed by atoms with Crippen LogP contribution in [0.3, 0.4) is 0 Å². The lowest BCUT2D eigenvalue weighted by Crippen LogP contribution is -2.42. The third-order valence-corrected chi connectivity index (χ3v) is 7.90. The minimum absolute atomic E-state index is 0.127. The number of imidazole rings is 1. The van der Waals surface area contributed by atoms with Crippen LogP contribution in [0.1, 0.15) is 47.3 Å². The SMILES string of the molecule is Cc1cccc(C)c1CNc1cc(NC(=O)[C@H]2CCN(C(=O)CO)C2)cn2c(C)c(C)nc12.O=C(O)CC(O)(CC(=O)O)C(=O)O. The maximum Gasteiger partial charge on any atom is 0.336 e. The molecular formula is C31H39N5O10. The molecule has 15 nitrogen and oxygen atoms in total. The molecule has 0 radical (unpaired) electrons. The molecule has 1 aliphatic rings. The molecule has 1 aliphatic heterocycles. The summed E-state index contributed by atoms with van der Waals surface area (Å²) in [4.78, 5) is 61.4. The number of aryl methyl sites for hydroxylation is 4. The average molecular weight is 642 g/mol. The molecule has 1 aromatic carbocycles. The summed E-state index contributed by atoms with van der Waals surface area (Å²) in [6.45, 7) is 9.12. The van der Waals surface area contributed by atoms with Gasteiger partial charge in [-0.05, 0) is 56.9 Å². The van der Waals surface area contributed by atoms with E-state index >= 15 is 0 Å². The number of aliphatic hydroxyl groups is 2. The maximum absolute atomic E-state index is 12.9. The second-order valence-electron chi connectivity index (χ2n) is 11.3. The zero-order chi connectivity index (χ0) is 34.3. The minimum atomic E-state index is -2.74. The van der Waals surface area contributed by atoms with Crippen molar-refractivity contribution in [1.82, 2.24) is 14.3 Å². The van der Waals surface area contributed by atoms with Crippen LogP contribution < -0.4 is 10.6 Å². The van der Waals surface area contributed by atoms with Gasteiger partial charge >= 0.3 is 17.9 Å². The predicted octanol–water partition coefficient (Wildman–Crippen LogP) is 1.71. The Balaban J connectivity index is 0.000000376. The van der Waals surface area contributed by atoms with Crippen molar-refractivity contribution >= 4 is 46.7 Å². The van der Waals surface area contributed by atoms with E-state index in [-0.39, 0.29) is 17.7 Å². The van der Waals surface area contributed by atoms with Gasteiger partial charge in [0.05, 0.1) is 35.8 Å². The van der Waals surface area contributed by atoms with Gasteiger partial charge < -0.3 is 45.5 Å². The molecule has 1 fully saturated rings. The van der Waals surface area contributed by atoms with E-state index in [1.54, 1.807) is 0 Å². The molecule has 0 aliphatic carbocycles. The molecule has 15 heteroatoms. The Morgan fingerprint density at radius 1 is 1.00 bits per heavy atom. The molecule has 3 aromatic rings. The summed E-state index contributed by atoms with van der Waals surface area (Å²) in [7, 11) is 0. The number of fused-ring (bicyclic) bond motifs is 1. The molecule has 2 aromatic heterocycles. The number of aromatic nitrogens is 2. The van der Waals surface area contributed by atoms with Crippen LogP contribution in [0.2, 0.25) is 0 Å². The first kappa shape index (κ1) is 35.5. The number of carboxylic acids is 3. The number of carboxylic acid groups (broad SMARTS) is 3. The number of carbonyl (C=O) groups is 5. The molecule has 7 N–H and O–H groups in total. The van der Waals surface area contributed by atoms with Gasteiger partial charge in [0, 0.05) is 31.5 Å². The number of rotatable bonds is 11. The van der Waals surface area contributed by atoms with Gasteiger partial charge in [0.2, 0.25) is 11.8 Å². The van der Waals surface area contributed by atoms with E-state index in [1.165, 1.54) is 21.6 Å². The Kier molecular flexibility index (Phi) is 11.4. The summed E-state index contributed by atoms with van der Waals surface area (Å²) in [6.07, 6.45) is 0.183. The van der Waals surface area contributed by atoms with Gasteiger partial charge in [0.25, 0.3) is 0 Å². The number of hydrogen-bond donors (Lipinski definition) is 7. The van der Waals surface area contributed by atoms with Crippen LogP contribution in [0.4, 0.5) is 11.4 Å². The van der Waals surface area contributed by atoms with E-state index in [2.05, 4.69) is 42.7 Å². The molecule has 0 unspecified atom stereocenters. The number of amides is 2. The van der Waals surface area contributed by atoms with E-state index in [0.717, 1.165) is 22.7 Å². The van der Waals surface area contributed by atoms with Crippen molar-refractivity contribution in [2.75, 3.05) is 30.3 Å². The second-order valence-corrected chi connectivity index (χ2v) is 11.3. The lowest BCUT2D eigenvalue weighted by Gasteiger charge is -2.18. The standard InChI is InChI=1S/C25H31N5O3.C6H8O7/c1-15-6-5-7-16(2)21(15)11-26-22-10-20(13-30-18(4)17(3)27-24(22)30)28-25(33)19-8-9-29(12-19)23(32)14-31;7-3(8)1-6(13,5(11)12)2-4(9)10/h5-7,10,13,19,26,31H,8-9,11-12,14H2,1-4H3,(H,28,33);13H,1-2H2,(H,7,8)(H,9,10)(H,11,12)/t19-;/m0./s1. The molecule has 1 atom stereocenters. The number of anilines is 2. The van der Waals surface area contributed by atoms with Crippen LogP contribution in [-0.4, -0.2) is 94.8 Å². The van der Waals surface area contributed by atoms with Crippen molar-refractivity contribution < 1.29 is 49.5 Å². The number of nitrogens with zero attached hydrogens (tertiary/aromatic N) is 3. The van der Waals surface area contributed by atoms with Gasteiger partial charge in [-0.3, -0.25) is 19.2 Å². The highest BCUT2D eigenvalue weighted by Crippen LogP contribution is 2.27. The van der Waals surface area contributed by atoms with Crippen molar-refractivity contribution in [2.24, 2.45) is 5.92 Å². The number of benzene rings is 1. The highest BCUT2D eigenvalue weighted by atomic mass is 16.4. The van der Waals surface area contributed by atoms with E-state index in [1.807, 2.05) is 30.5 Å². The predicted molar refractivity (Wildman–Crippen MR) is 165 cm³/mol. The smallest absolute Gasteiger partial charge is 0.336 e. The lowest BCUT2D eigenvalue weighted by molar-refractivity contribution is -0.170. The van der Waals surface area contributed by atoms with E-state index in [0.29, 0.717) is 31.7 Å². The third-order valence-electron chi connectivity index (χ3n) is 7.90. The molecule has 46 heavy (non-hydrogen) atoms. The van der Waals surface area contributed by atoms with Gasteiger partial charge in [-0.15, -0.1) is 0 Å². The molecule has 0 bridgehead atoms. The summed E-state index contributed by atoms with van der Waals surface area (Å²) in [5.41, 5.74) is 5.22. The number of carbonyl (C=O) groups excluding carboxylic acids is 2. The number of aliphatic carboxylic acids is 3. The van der Waals surface area contributed by atoms with Crippen LogP contribution in [0, 0.1) is 33.6 Å². The zero-order valence-corrected chi connectivity index (χ0v) is 26.0. The van der Waals surface area contributed by atoms with Gasteiger partial charge in [0.15, 0.2) is 11.2 Å². The van der Waals surface area contributed by atoms with Crippen molar-refractivity contribution in [3.63, 3.8) is 0 Å². The normalized spacial score (nSPS) is 14.4. The maximum atomic E-state index is 12.9. The highest BCUT2D eigenvalue weighted by Gasteiger charge is 2.40. The quantitative estimate of drug-likeness (QED) is 0.159. The fraction of sp³-hybridized carbons (Fsp3) is 0.419. The number of aliphatic hydroxyl groups excluding tert-OH is 1. The van der Waals surface area contributed by atoms with Crippen LogP contribution in [0.5, 0.6) is 0 Å². The van der Waals surface area contributed by atoms with Gasteiger partial charge in [-0.2, -0.15) is 0 Å². The average Bonchev–Trinajstić information content (AvgIpc) is 3.57. The van der Waals surface area contributed by atoms with E-state index < -0.39 is 43.0 Å². The largest absolute Gasteiger partial charge is 0.481 e. The van der Waals surface area contributed by atoms with Crippen LogP contribution in [-0.2, 0) is 30.5 Å². The molecular weight excluding hydrogens is 602 g/mol. The number of likely N-dealkylation sites (tertiary alicyclic amines) is 1. The van der Waals surface area contributed by atoms with E-state index in [9.17, 15) is 24.0 Å². The van der Waals surface area contributed by atoms with Gasteiger partial charge in [-0.1, -0.05) is 18.2 Å². The van der Waals surface area contributed by atoms with Gasteiger partial charge in [-0.25, -0.2) is 9.78 Å². The Bertz CT molecular complexity index is 1610. The number of hydrogen-bond acceptors (Lipinski definition) is 9. The lowest BCUT2D eigenvalue weighted by atomic mass is 9.96. The minimum Gasteiger partial charge on any atom is -0.481 e. The molecule has 0 spiro atoms. The fourth-order valence-electron chi connectivity index (χ4n) is 5.14. The summed E-state index contributed by atoms with van der Waals surface area (Å²) < 4.78 is 1.99. The monoisotopic (exact) mass is 641 g/mol. The first-order valence-electron chi connectivity index (χ1n) is 14.4.